The minimum Gasteiger partial charge on any atom is -0.460 e. The van der Waals surface area contributed by atoms with E-state index in [1.807, 2.05) is 0 Å². The molecule has 0 aromatic carbocycles. The first kappa shape index (κ1) is 9.51. The number of nitrogens with two attached hydrogens (primary N) is 1. The van der Waals surface area contributed by atoms with Gasteiger partial charge in [-0.1, -0.05) is 0 Å². The molecule has 0 unspecified atom stereocenters. The molecule has 78 valence electrons. The fourth-order valence-corrected chi connectivity index (χ4v) is 1.36. The summed E-state index contributed by atoms with van der Waals surface area (Å²) in [4.78, 5) is 15.5. The van der Waals surface area contributed by atoms with Crippen molar-refractivity contribution in [2.24, 2.45) is 0 Å². The van der Waals surface area contributed by atoms with Gasteiger partial charge in [-0.05, 0) is 19.1 Å². The summed E-state index contributed by atoms with van der Waals surface area (Å²) >= 11 is 0. The Kier molecular flexibility index (Phi) is 2.29. The van der Waals surface area contributed by atoms with Gasteiger partial charge in [-0.25, -0.2) is 9.78 Å². The van der Waals surface area contributed by atoms with E-state index in [1.165, 1.54) is 0 Å². The van der Waals surface area contributed by atoms with Crippen LogP contribution >= 0.6 is 0 Å². The van der Waals surface area contributed by atoms with E-state index in [4.69, 9.17) is 10.5 Å². The number of hydrogen-bond donors (Lipinski definition) is 1. The molecule has 0 aliphatic carbocycles. The standard InChI is InChI=1S/C10H11N3O2/c1-2-15-10(14)9-12-6-8-5-7(11)3-4-13(8)9/h3-6H,2,11H2,1H3. The molecule has 2 heterocycles. The van der Waals surface area contributed by atoms with Crippen molar-refractivity contribution in [1.29, 1.82) is 0 Å². The molecular formula is C10H11N3O2. The molecule has 2 rings (SSSR count). The molecule has 0 saturated heterocycles. The summed E-state index contributed by atoms with van der Waals surface area (Å²) in [6, 6.07) is 3.45. The van der Waals surface area contributed by atoms with E-state index < -0.39 is 5.97 Å². The van der Waals surface area contributed by atoms with Crippen LogP contribution in [0.1, 0.15) is 17.5 Å². The molecule has 0 fully saturated rings. The molecule has 0 radical (unpaired) electrons. The summed E-state index contributed by atoms with van der Waals surface area (Å²) < 4.78 is 6.52. The second kappa shape index (κ2) is 3.61. The lowest BCUT2D eigenvalue weighted by atomic mass is 10.4. The van der Waals surface area contributed by atoms with Crippen LogP contribution in [0.4, 0.5) is 5.69 Å². The number of ether oxygens (including phenoxy) is 1. The molecule has 2 N–H and O–H groups in total. The highest BCUT2D eigenvalue weighted by atomic mass is 16.5. The van der Waals surface area contributed by atoms with Crippen molar-refractivity contribution in [1.82, 2.24) is 9.38 Å². The lowest BCUT2D eigenvalue weighted by molar-refractivity contribution is 0.0511. The van der Waals surface area contributed by atoms with Crippen LogP contribution in [-0.2, 0) is 4.74 Å². The molecule has 0 atom stereocenters. The van der Waals surface area contributed by atoms with E-state index in [0.29, 0.717) is 12.3 Å². The van der Waals surface area contributed by atoms with Crippen LogP contribution < -0.4 is 5.73 Å². The number of nitrogen functional groups attached to an aromatic ring is 1. The second-order valence-electron chi connectivity index (χ2n) is 3.06. The zero-order chi connectivity index (χ0) is 10.8. The summed E-state index contributed by atoms with van der Waals surface area (Å²) in [7, 11) is 0. The zero-order valence-corrected chi connectivity index (χ0v) is 8.30. The first-order chi connectivity index (χ1) is 7.22. The summed E-state index contributed by atoms with van der Waals surface area (Å²) in [5.74, 6) is -0.158. The van der Waals surface area contributed by atoms with E-state index in [-0.39, 0.29) is 5.82 Å². The Morgan fingerprint density at radius 3 is 3.20 bits per heavy atom. The van der Waals surface area contributed by atoms with Gasteiger partial charge in [0.25, 0.3) is 0 Å². The highest BCUT2D eigenvalue weighted by molar-refractivity contribution is 5.87. The number of rotatable bonds is 2. The Bertz CT molecular complexity index is 504. The highest BCUT2D eigenvalue weighted by Crippen LogP contribution is 2.11. The van der Waals surface area contributed by atoms with Crippen molar-refractivity contribution in [2.75, 3.05) is 12.3 Å². The maximum atomic E-state index is 11.5. The minimum absolute atomic E-state index is 0.270. The van der Waals surface area contributed by atoms with Gasteiger partial charge in [0.1, 0.15) is 0 Å². The number of carbonyl (C=O) groups is 1. The molecule has 0 aliphatic rings. The predicted molar refractivity (Wildman–Crippen MR) is 55.6 cm³/mol. The minimum atomic E-state index is -0.428. The van der Waals surface area contributed by atoms with E-state index in [2.05, 4.69) is 4.98 Å². The largest absolute Gasteiger partial charge is 0.460 e. The Morgan fingerprint density at radius 1 is 1.67 bits per heavy atom. The first-order valence-electron chi connectivity index (χ1n) is 4.62. The number of nitrogens with zero attached hydrogens (tertiary/aromatic N) is 2. The number of hydrogen-bond acceptors (Lipinski definition) is 4. The third-order valence-corrected chi connectivity index (χ3v) is 2.01. The molecule has 2 aromatic rings. The number of pyridine rings is 1. The average molecular weight is 205 g/mol. The monoisotopic (exact) mass is 205 g/mol. The number of esters is 1. The van der Waals surface area contributed by atoms with Gasteiger partial charge in [-0.2, -0.15) is 0 Å². The molecule has 15 heavy (non-hydrogen) atoms. The molecule has 0 bridgehead atoms. The SMILES string of the molecule is CCOC(=O)c1ncc2cc(N)ccn12. The van der Waals surface area contributed by atoms with Gasteiger partial charge in [-0.3, -0.25) is 4.40 Å². The molecule has 5 heteroatoms. The van der Waals surface area contributed by atoms with Crippen molar-refractivity contribution >= 4 is 17.2 Å². The lowest BCUT2D eigenvalue weighted by Crippen LogP contribution is -2.09. The van der Waals surface area contributed by atoms with Gasteiger partial charge in [0.2, 0.25) is 5.82 Å². The quantitative estimate of drug-likeness (QED) is 0.745. The maximum absolute atomic E-state index is 11.5. The number of aromatic nitrogens is 2. The van der Waals surface area contributed by atoms with Crippen LogP contribution in [-0.4, -0.2) is 22.0 Å². The fraction of sp³-hybridized carbons (Fsp3) is 0.200. The Hall–Kier alpha value is -2.04. The number of imidazole rings is 1. The van der Waals surface area contributed by atoms with Crippen LogP contribution in [0.25, 0.3) is 5.52 Å². The van der Waals surface area contributed by atoms with Crippen molar-refractivity contribution < 1.29 is 9.53 Å². The number of carbonyl (C=O) groups excluding carboxylic acids is 1. The smallest absolute Gasteiger partial charge is 0.374 e. The second-order valence-corrected chi connectivity index (χ2v) is 3.06. The van der Waals surface area contributed by atoms with Crippen molar-refractivity contribution in [3.63, 3.8) is 0 Å². The van der Waals surface area contributed by atoms with Gasteiger partial charge in [-0.15, -0.1) is 0 Å². The van der Waals surface area contributed by atoms with E-state index >= 15 is 0 Å². The highest BCUT2D eigenvalue weighted by Gasteiger charge is 2.13. The Morgan fingerprint density at radius 2 is 2.47 bits per heavy atom. The summed E-state index contributed by atoms with van der Waals surface area (Å²) in [5, 5.41) is 0. The molecule has 0 amide bonds. The molecule has 5 nitrogen and oxygen atoms in total. The third-order valence-electron chi connectivity index (χ3n) is 2.01. The van der Waals surface area contributed by atoms with E-state index in [9.17, 15) is 4.79 Å². The summed E-state index contributed by atoms with van der Waals surface area (Å²) in [6.07, 6.45) is 3.28. The topological polar surface area (TPSA) is 69.6 Å². The van der Waals surface area contributed by atoms with E-state index in [1.54, 1.807) is 35.9 Å². The zero-order valence-electron chi connectivity index (χ0n) is 8.30. The maximum Gasteiger partial charge on any atom is 0.374 e. The number of fused-ring (bicyclic) bond motifs is 1. The van der Waals surface area contributed by atoms with Crippen molar-refractivity contribution in [3.05, 3.63) is 30.4 Å². The van der Waals surface area contributed by atoms with E-state index in [0.717, 1.165) is 5.52 Å². The van der Waals surface area contributed by atoms with Crippen molar-refractivity contribution in [3.8, 4) is 0 Å². The summed E-state index contributed by atoms with van der Waals surface area (Å²) in [6.45, 7) is 2.09. The molecule has 0 aliphatic heterocycles. The molecular weight excluding hydrogens is 194 g/mol. The Balaban J connectivity index is 2.49. The van der Waals surface area contributed by atoms with Gasteiger partial charge >= 0.3 is 5.97 Å². The molecule has 0 saturated carbocycles. The van der Waals surface area contributed by atoms with Crippen LogP contribution in [0, 0.1) is 0 Å². The van der Waals surface area contributed by atoms with Crippen LogP contribution in [0.5, 0.6) is 0 Å². The average Bonchev–Trinajstić information content (AvgIpc) is 2.60. The Labute approximate surface area is 86.5 Å². The summed E-state index contributed by atoms with van der Waals surface area (Å²) in [5.41, 5.74) is 7.02. The number of anilines is 1. The lowest BCUT2D eigenvalue weighted by Gasteiger charge is -2.01. The molecule has 2 aromatic heterocycles. The third kappa shape index (κ3) is 1.63. The van der Waals surface area contributed by atoms with Gasteiger partial charge < -0.3 is 10.5 Å². The first-order valence-corrected chi connectivity index (χ1v) is 4.62. The van der Waals surface area contributed by atoms with Crippen LogP contribution in [0.15, 0.2) is 24.5 Å². The van der Waals surface area contributed by atoms with Crippen molar-refractivity contribution in [2.45, 2.75) is 6.92 Å². The molecule has 0 spiro atoms. The van der Waals surface area contributed by atoms with Crippen LogP contribution in [0.2, 0.25) is 0 Å². The fourth-order valence-electron chi connectivity index (χ4n) is 1.36. The normalized spacial score (nSPS) is 10.5. The van der Waals surface area contributed by atoms with Gasteiger partial charge in [0.05, 0.1) is 18.3 Å². The van der Waals surface area contributed by atoms with Gasteiger partial charge in [0, 0.05) is 11.9 Å². The predicted octanol–water partition coefficient (Wildman–Crippen LogP) is 1.09. The van der Waals surface area contributed by atoms with Gasteiger partial charge in [0.15, 0.2) is 0 Å². The van der Waals surface area contributed by atoms with Crippen LogP contribution in [0.3, 0.4) is 0 Å².